The van der Waals surface area contributed by atoms with E-state index in [-0.39, 0.29) is 11.4 Å². The van der Waals surface area contributed by atoms with E-state index in [2.05, 4.69) is 26.2 Å². The Bertz CT molecular complexity index is 717. The summed E-state index contributed by atoms with van der Waals surface area (Å²) in [5, 5.41) is 12.1. The number of aromatic carboxylic acids is 1. The molecule has 1 amide bonds. The minimum absolute atomic E-state index is 0.113. The number of amides is 1. The summed E-state index contributed by atoms with van der Waals surface area (Å²) in [6, 6.07) is 3.76. The van der Waals surface area contributed by atoms with E-state index in [0.717, 1.165) is 11.3 Å². The number of carboxylic acid groups (broad SMARTS) is 1. The molecule has 1 heterocycles. The van der Waals surface area contributed by atoms with Crippen molar-refractivity contribution in [3.05, 3.63) is 49.6 Å². The first kappa shape index (κ1) is 15.6. The van der Waals surface area contributed by atoms with E-state index in [1.807, 2.05) is 0 Å². The van der Waals surface area contributed by atoms with Crippen molar-refractivity contribution >= 4 is 39.1 Å². The Hall–Kier alpha value is -1.80. The Morgan fingerprint density at radius 2 is 2.19 bits per heavy atom. The lowest BCUT2D eigenvalue weighted by molar-refractivity contribution is 0.0701. The van der Waals surface area contributed by atoms with Crippen LogP contribution in [0.2, 0.25) is 0 Å². The summed E-state index contributed by atoms with van der Waals surface area (Å²) in [7, 11) is 0. The summed E-state index contributed by atoms with van der Waals surface area (Å²) < 4.78 is 13.3. The van der Waals surface area contributed by atoms with Crippen molar-refractivity contribution in [2.45, 2.75) is 13.5 Å². The van der Waals surface area contributed by atoms with Gasteiger partial charge in [0.25, 0.3) is 5.91 Å². The minimum Gasteiger partial charge on any atom is -0.477 e. The lowest BCUT2D eigenvalue weighted by Crippen LogP contribution is -2.23. The molecule has 0 radical (unpaired) electrons. The van der Waals surface area contributed by atoms with Crippen molar-refractivity contribution in [2.24, 2.45) is 0 Å². The van der Waals surface area contributed by atoms with Gasteiger partial charge in [-0.2, -0.15) is 0 Å². The van der Waals surface area contributed by atoms with Crippen molar-refractivity contribution < 1.29 is 19.1 Å². The molecule has 5 nitrogen and oxygen atoms in total. The third-order valence-electron chi connectivity index (χ3n) is 2.61. The predicted octanol–water partition coefficient (Wildman–Crippen LogP) is 2.98. The number of carbonyl (C=O) groups excluding carboxylic acids is 1. The fourth-order valence-electron chi connectivity index (χ4n) is 1.65. The van der Waals surface area contributed by atoms with Crippen LogP contribution in [0.5, 0.6) is 0 Å². The molecule has 0 atom stereocenters. The van der Waals surface area contributed by atoms with Crippen molar-refractivity contribution in [1.82, 2.24) is 10.3 Å². The van der Waals surface area contributed by atoms with E-state index in [1.165, 1.54) is 18.2 Å². The maximum atomic E-state index is 13.0. The fourth-order valence-corrected chi connectivity index (χ4v) is 3.03. The molecule has 110 valence electrons. The van der Waals surface area contributed by atoms with E-state index >= 15 is 0 Å². The van der Waals surface area contributed by atoms with Crippen LogP contribution in [0.15, 0.2) is 22.7 Å². The van der Waals surface area contributed by atoms with Crippen molar-refractivity contribution in [1.29, 1.82) is 0 Å². The smallest absolute Gasteiger partial charge is 0.347 e. The van der Waals surface area contributed by atoms with Gasteiger partial charge in [-0.3, -0.25) is 4.79 Å². The second-order valence-electron chi connectivity index (χ2n) is 4.13. The molecule has 0 bridgehead atoms. The first-order valence-corrected chi connectivity index (χ1v) is 7.42. The quantitative estimate of drug-likeness (QED) is 0.864. The average molecular weight is 373 g/mol. The zero-order valence-corrected chi connectivity index (χ0v) is 13.2. The second kappa shape index (κ2) is 6.31. The number of benzene rings is 1. The van der Waals surface area contributed by atoms with Gasteiger partial charge in [0, 0.05) is 4.47 Å². The van der Waals surface area contributed by atoms with Crippen LogP contribution < -0.4 is 5.32 Å². The largest absolute Gasteiger partial charge is 0.477 e. The van der Waals surface area contributed by atoms with Gasteiger partial charge in [0.15, 0.2) is 0 Å². The van der Waals surface area contributed by atoms with Gasteiger partial charge in [0.1, 0.15) is 15.7 Å². The van der Waals surface area contributed by atoms with Crippen LogP contribution >= 0.6 is 27.3 Å². The van der Waals surface area contributed by atoms with Gasteiger partial charge in [-0.1, -0.05) is 0 Å². The SMILES string of the molecule is Cc1nc(CNC(=O)c2ccc(F)cc2Br)sc1C(=O)O. The molecule has 1 aromatic carbocycles. The van der Waals surface area contributed by atoms with Crippen LogP contribution in [0, 0.1) is 12.7 Å². The average Bonchev–Trinajstić information content (AvgIpc) is 2.77. The zero-order valence-electron chi connectivity index (χ0n) is 10.8. The van der Waals surface area contributed by atoms with Crippen LogP contribution in [0.1, 0.15) is 30.7 Å². The van der Waals surface area contributed by atoms with E-state index in [4.69, 9.17) is 5.11 Å². The van der Waals surface area contributed by atoms with Gasteiger partial charge in [-0.15, -0.1) is 11.3 Å². The number of carboxylic acids is 1. The molecule has 21 heavy (non-hydrogen) atoms. The molecule has 2 N–H and O–H groups in total. The summed E-state index contributed by atoms with van der Waals surface area (Å²) in [4.78, 5) is 27.1. The second-order valence-corrected chi connectivity index (χ2v) is 6.07. The molecule has 2 aromatic rings. The van der Waals surface area contributed by atoms with Crippen LogP contribution in [-0.2, 0) is 6.54 Å². The van der Waals surface area contributed by atoms with E-state index < -0.39 is 17.7 Å². The highest BCUT2D eigenvalue weighted by Gasteiger charge is 2.15. The monoisotopic (exact) mass is 372 g/mol. The molecule has 0 saturated heterocycles. The summed E-state index contributed by atoms with van der Waals surface area (Å²) in [6.45, 7) is 1.71. The van der Waals surface area contributed by atoms with Crippen molar-refractivity contribution in [3.63, 3.8) is 0 Å². The van der Waals surface area contributed by atoms with Gasteiger partial charge in [-0.05, 0) is 41.1 Å². The zero-order chi connectivity index (χ0) is 15.6. The Balaban J connectivity index is 2.07. The molecule has 0 fully saturated rings. The molecular formula is C13H10BrFN2O3S. The molecule has 0 unspecified atom stereocenters. The number of hydrogen-bond donors (Lipinski definition) is 2. The summed E-state index contributed by atoms with van der Waals surface area (Å²) >= 11 is 4.13. The first-order valence-electron chi connectivity index (χ1n) is 5.81. The maximum Gasteiger partial charge on any atom is 0.347 e. The highest BCUT2D eigenvalue weighted by Crippen LogP contribution is 2.20. The van der Waals surface area contributed by atoms with Gasteiger partial charge in [-0.25, -0.2) is 14.2 Å². The van der Waals surface area contributed by atoms with Gasteiger partial charge in [0.2, 0.25) is 0 Å². The van der Waals surface area contributed by atoms with Gasteiger partial charge < -0.3 is 10.4 Å². The number of carbonyl (C=O) groups is 2. The highest BCUT2D eigenvalue weighted by molar-refractivity contribution is 9.10. The molecule has 0 aliphatic rings. The van der Waals surface area contributed by atoms with E-state index in [1.54, 1.807) is 6.92 Å². The predicted molar refractivity (Wildman–Crippen MR) is 79.1 cm³/mol. The minimum atomic E-state index is -1.04. The van der Waals surface area contributed by atoms with E-state index in [9.17, 15) is 14.0 Å². The Morgan fingerprint density at radius 1 is 1.48 bits per heavy atom. The molecule has 0 aliphatic heterocycles. The Labute approximate surface area is 132 Å². The number of nitrogens with zero attached hydrogens (tertiary/aromatic N) is 1. The molecule has 2 rings (SSSR count). The van der Waals surface area contributed by atoms with Crippen LogP contribution in [0.3, 0.4) is 0 Å². The summed E-state index contributed by atoms with van der Waals surface area (Å²) in [5.41, 5.74) is 0.711. The lowest BCUT2D eigenvalue weighted by atomic mass is 10.2. The third-order valence-corrected chi connectivity index (χ3v) is 4.41. The maximum absolute atomic E-state index is 13.0. The number of hydrogen-bond acceptors (Lipinski definition) is 4. The molecule has 0 aliphatic carbocycles. The van der Waals surface area contributed by atoms with Gasteiger partial charge in [0.05, 0.1) is 17.8 Å². The first-order chi connectivity index (χ1) is 9.88. The van der Waals surface area contributed by atoms with Crippen molar-refractivity contribution in [2.75, 3.05) is 0 Å². The lowest BCUT2D eigenvalue weighted by Gasteiger charge is -2.05. The molecule has 0 saturated carbocycles. The number of rotatable bonds is 4. The normalized spacial score (nSPS) is 10.4. The number of nitrogens with one attached hydrogen (secondary N) is 1. The highest BCUT2D eigenvalue weighted by atomic mass is 79.9. The number of aryl methyl sites for hydroxylation is 1. The van der Waals surface area contributed by atoms with Crippen molar-refractivity contribution in [3.8, 4) is 0 Å². The van der Waals surface area contributed by atoms with E-state index in [0.29, 0.717) is 20.7 Å². The summed E-state index contributed by atoms with van der Waals surface area (Å²) in [6.07, 6.45) is 0. The fraction of sp³-hybridized carbons (Fsp3) is 0.154. The van der Waals surface area contributed by atoms with Gasteiger partial charge >= 0.3 is 5.97 Å². The topological polar surface area (TPSA) is 79.3 Å². The Kier molecular flexibility index (Phi) is 4.69. The van der Waals surface area contributed by atoms with Crippen LogP contribution in [0.25, 0.3) is 0 Å². The third kappa shape index (κ3) is 3.64. The number of aromatic nitrogens is 1. The Morgan fingerprint density at radius 3 is 2.76 bits per heavy atom. The molecule has 1 aromatic heterocycles. The van der Waals surface area contributed by atoms with Crippen LogP contribution in [-0.4, -0.2) is 22.0 Å². The number of thiazole rings is 1. The molecular weight excluding hydrogens is 363 g/mol. The molecule has 0 spiro atoms. The standard InChI is InChI=1S/C13H10BrFN2O3S/c1-6-11(13(19)20)21-10(17-6)5-16-12(18)8-3-2-7(15)4-9(8)14/h2-4H,5H2,1H3,(H,16,18)(H,19,20). The summed E-state index contributed by atoms with van der Waals surface area (Å²) in [5.74, 6) is -1.88. The van der Waals surface area contributed by atoms with Crippen LogP contribution in [0.4, 0.5) is 4.39 Å². The molecule has 8 heteroatoms. The number of halogens is 2.